The zero-order chi connectivity index (χ0) is 20.2. The maximum absolute atomic E-state index is 12.3. The van der Waals surface area contributed by atoms with Gasteiger partial charge in [0.15, 0.2) is 10.8 Å². The van der Waals surface area contributed by atoms with Crippen LogP contribution >= 0.6 is 11.3 Å². The first-order chi connectivity index (χ1) is 14.1. The van der Waals surface area contributed by atoms with Crippen LogP contribution in [-0.2, 0) is 16.1 Å². The molecule has 0 bridgehead atoms. The van der Waals surface area contributed by atoms with Gasteiger partial charge in [-0.05, 0) is 48.9 Å². The topological polar surface area (TPSA) is 86.0 Å². The van der Waals surface area contributed by atoms with E-state index in [1.165, 1.54) is 11.3 Å². The molecule has 7 nitrogen and oxygen atoms in total. The third kappa shape index (κ3) is 4.65. The zero-order valence-electron chi connectivity index (χ0n) is 16.2. The van der Waals surface area contributed by atoms with Crippen molar-refractivity contribution in [2.45, 2.75) is 25.9 Å². The summed E-state index contributed by atoms with van der Waals surface area (Å²) in [5.41, 5.74) is 2.58. The summed E-state index contributed by atoms with van der Waals surface area (Å²) in [7, 11) is 1.63. The number of methoxy groups -OCH3 is 1. The molecule has 4 rings (SSSR count). The molecule has 0 spiro atoms. The van der Waals surface area contributed by atoms with Crippen LogP contribution < -0.4 is 10.1 Å². The van der Waals surface area contributed by atoms with Crippen molar-refractivity contribution >= 4 is 23.0 Å². The smallest absolute Gasteiger partial charge is 0.226 e. The van der Waals surface area contributed by atoms with Crippen LogP contribution in [0.25, 0.3) is 10.8 Å². The van der Waals surface area contributed by atoms with Crippen LogP contribution in [0.4, 0.5) is 0 Å². The molecule has 0 saturated heterocycles. The molecular formula is C21H21N3O4S. The predicted molar refractivity (Wildman–Crippen MR) is 110 cm³/mol. The van der Waals surface area contributed by atoms with Crippen LogP contribution in [-0.4, -0.2) is 36.4 Å². The largest absolute Gasteiger partial charge is 0.497 e. The quantitative estimate of drug-likeness (QED) is 0.642. The molecule has 2 aromatic heterocycles. The van der Waals surface area contributed by atoms with Crippen LogP contribution in [0.15, 0.2) is 51.4 Å². The second-order valence-corrected chi connectivity index (χ2v) is 7.59. The van der Waals surface area contributed by atoms with Crippen molar-refractivity contribution in [1.82, 2.24) is 10.3 Å². The number of carbonyl (C=O) groups is 1. The number of nitrogens with zero attached hydrogens (tertiary/aromatic N) is 2. The molecular weight excluding hydrogens is 390 g/mol. The van der Waals surface area contributed by atoms with E-state index in [4.69, 9.17) is 14.0 Å². The Hall–Kier alpha value is -3.13. The molecule has 1 atom stereocenters. The molecule has 8 heteroatoms. The Morgan fingerprint density at radius 3 is 2.83 bits per heavy atom. The van der Waals surface area contributed by atoms with Crippen molar-refractivity contribution in [3.63, 3.8) is 0 Å². The van der Waals surface area contributed by atoms with Crippen molar-refractivity contribution in [3.8, 4) is 16.5 Å². The van der Waals surface area contributed by atoms with Crippen LogP contribution in [0.3, 0.4) is 0 Å². The number of hydrogen-bond acceptors (Lipinski definition) is 7. The summed E-state index contributed by atoms with van der Waals surface area (Å²) in [4.78, 5) is 22.2. The number of amides is 1. The minimum atomic E-state index is -0.173. The lowest BCUT2D eigenvalue weighted by Crippen LogP contribution is -2.33. The number of ether oxygens (including phenoxy) is 1. The number of furan rings is 1. The summed E-state index contributed by atoms with van der Waals surface area (Å²) in [6, 6.07) is 11.5. The van der Waals surface area contributed by atoms with E-state index in [2.05, 4.69) is 15.5 Å². The molecule has 1 unspecified atom stereocenters. The summed E-state index contributed by atoms with van der Waals surface area (Å²) in [6.45, 7) is 2.29. The first-order valence-electron chi connectivity index (χ1n) is 9.26. The van der Waals surface area contributed by atoms with Gasteiger partial charge in [-0.1, -0.05) is 5.16 Å². The van der Waals surface area contributed by atoms with Gasteiger partial charge >= 0.3 is 0 Å². The van der Waals surface area contributed by atoms with Gasteiger partial charge in [-0.3, -0.25) is 4.79 Å². The highest BCUT2D eigenvalue weighted by atomic mass is 32.1. The van der Waals surface area contributed by atoms with E-state index < -0.39 is 0 Å². The number of thiazole rings is 1. The van der Waals surface area contributed by atoms with E-state index in [0.29, 0.717) is 13.0 Å². The first-order valence-corrected chi connectivity index (χ1v) is 10.1. The van der Waals surface area contributed by atoms with Gasteiger partial charge in [0.2, 0.25) is 5.91 Å². The zero-order valence-corrected chi connectivity index (χ0v) is 17.0. The monoisotopic (exact) mass is 411 g/mol. The number of aromatic nitrogens is 1. The minimum Gasteiger partial charge on any atom is -0.497 e. The molecule has 0 aliphatic carbocycles. The minimum absolute atomic E-state index is 0.0982. The third-order valence-corrected chi connectivity index (χ3v) is 5.43. The van der Waals surface area contributed by atoms with E-state index in [1.807, 2.05) is 48.7 Å². The molecule has 1 N–H and O–H groups in total. The Labute approximate surface area is 172 Å². The fraction of sp³-hybridized carbons (Fsp3) is 0.286. The normalized spacial score (nSPS) is 15.7. The molecule has 1 amide bonds. The van der Waals surface area contributed by atoms with Crippen molar-refractivity contribution in [3.05, 3.63) is 58.8 Å². The first kappa shape index (κ1) is 19.2. The van der Waals surface area contributed by atoms with Crippen LogP contribution in [0, 0.1) is 6.92 Å². The highest BCUT2D eigenvalue weighted by Gasteiger charge is 2.23. The third-order valence-electron chi connectivity index (χ3n) is 4.53. The fourth-order valence-electron chi connectivity index (χ4n) is 3.00. The van der Waals surface area contributed by atoms with Crippen LogP contribution in [0.2, 0.25) is 0 Å². The highest BCUT2D eigenvalue weighted by Crippen LogP contribution is 2.25. The summed E-state index contributed by atoms with van der Waals surface area (Å²) in [5.74, 6) is 2.26. The number of oxime groups is 1. The Kier molecular flexibility index (Phi) is 5.62. The van der Waals surface area contributed by atoms with Gasteiger partial charge < -0.3 is 19.3 Å². The summed E-state index contributed by atoms with van der Waals surface area (Å²) < 4.78 is 10.7. The number of aryl methyl sites for hydroxylation is 1. The SMILES string of the molecule is COc1ccc(C2=NOC(CNC(=O)Cc3csc(-c4ccc(C)o4)n3)C2)cc1. The van der Waals surface area contributed by atoms with Gasteiger partial charge in [0, 0.05) is 11.8 Å². The van der Waals surface area contributed by atoms with E-state index in [9.17, 15) is 4.79 Å². The number of rotatable bonds is 7. The predicted octanol–water partition coefficient (Wildman–Crippen LogP) is 3.57. The Morgan fingerprint density at radius 1 is 1.28 bits per heavy atom. The Balaban J connectivity index is 1.25. The average molecular weight is 411 g/mol. The molecule has 0 fully saturated rings. The van der Waals surface area contributed by atoms with Crippen molar-refractivity contribution in [2.24, 2.45) is 5.16 Å². The van der Waals surface area contributed by atoms with Crippen molar-refractivity contribution in [2.75, 3.05) is 13.7 Å². The summed E-state index contributed by atoms with van der Waals surface area (Å²) in [5, 5.41) is 9.70. The second kappa shape index (κ2) is 8.48. The lowest BCUT2D eigenvalue weighted by Gasteiger charge is -2.09. The number of nitrogens with one attached hydrogen (secondary N) is 1. The van der Waals surface area contributed by atoms with E-state index in [-0.39, 0.29) is 18.4 Å². The maximum atomic E-state index is 12.3. The van der Waals surface area contributed by atoms with Gasteiger partial charge in [0.25, 0.3) is 0 Å². The maximum Gasteiger partial charge on any atom is 0.226 e. The molecule has 1 aliphatic rings. The Bertz CT molecular complexity index is 1020. The highest BCUT2D eigenvalue weighted by molar-refractivity contribution is 7.13. The lowest BCUT2D eigenvalue weighted by molar-refractivity contribution is -0.121. The average Bonchev–Trinajstić information content (AvgIpc) is 3.47. The Morgan fingerprint density at radius 2 is 2.10 bits per heavy atom. The number of hydrogen-bond donors (Lipinski definition) is 1. The van der Waals surface area contributed by atoms with Crippen molar-refractivity contribution < 1.29 is 18.8 Å². The molecule has 0 saturated carbocycles. The standard InChI is InChI=1S/C21H21N3O4S/c1-13-3-8-19(27-13)21-23-15(12-29-21)9-20(25)22-11-17-10-18(24-28-17)14-4-6-16(26-2)7-5-14/h3-8,12,17H,9-11H2,1-2H3,(H,22,25). The van der Waals surface area contributed by atoms with E-state index in [0.717, 1.165) is 39.2 Å². The van der Waals surface area contributed by atoms with E-state index in [1.54, 1.807) is 7.11 Å². The van der Waals surface area contributed by atoms with Crippen molar-refractivity contribution in [1.29, 1.82) is 0 Å². The molecule has 1 aromatic carbocycles. The van der Waals surface area contributed by atoms with Gasteiger partial charge in [0.1, 0.15) is 17.6 Å². The van der Waals surface area contributed by atoms with Gasteiger partial charge in [0.05, 0.1) is 31.5 Å². The van der Waals surface area contributed by atoms with Gasteiger partial charge in [-0.25, -0.2) is 4.98 Å². The van der Waals surface area contributed by atoms with Gasteiger partial charge in [-0.2, -0.15) is 0 Å². The molecule has 3 aromatic rings. The van der Waals surface area contributed by atoms with Crippen LogP contribution in [0.1, 0.15) is 23.4 Å². The molecule has 29 heavy (non-hydrogen) atoms. The fourth-order valence-corrected chi connectivity index (χ4v) is 3.78. The van der Waals surface area contributed by atoms with Gasteiger partial charge in [-0.15, -0.1) is 11.3 Å². The molecule has 0 radical (unpaired) electrons. The second-order valence-electron chi connectivity index (χ2n) is 6.73. The lowest BCUT2D eigenvalue weighted by atomic mass is 10.0. The summed E-state index contributed by atoms with van der Waals surface area (Å²) in [6.07, 6.45) is 0.688. The number of carbonyl (C=O) groups excluding carboxylic acids is 1. The van der Waals surface area contributed by atoms with Crippen LogP contribution in [0.5, 0.6) is 5.75 Å². The summed E-state index contributed by atoms with van der Waals surface area (Å²) >= 11 is 1.47. The van der Waals surface area contributed by atoms with E-state index >= 15 is 0 Å². The molecule has 150 valence electrons. The molecule has 3 heterocycles. The number of benzene rings is 1. The molecule has 1 aliphatic heterocycles.